The molecule has 4 heteroatoms. The van der Waals surface area contributed by atoms with Crippen LogP contribution in [0.3, 0.4) is 0 Å². The number of hydrogen-bond acceptors (Lipinski definition) is 3. The van der Waals surface area contributed by atoms with Crippen LogP contribution in [0.2, 0.25) is 0 Å². The summed E-state index contributed by atoms with van der Waals surface area (Å²) < 4.78 is 1.75. The monoisotopic (exact) mass is 180 g/mol. The summed E-state index contributed by atoms with van der Waals surface area (Å²) in [5.41, 5.74) is 7.09. The number of nitrogens with two attached hydrogens (primary N) is 1. The molecule has 1 aliphatic carbocycles. The molecule has 1 aromatic rings. The Morgan fingerprint density at radius 2 is 2.31 bits per heavy atom. The van der Waals surface area contributed by atoms with Gasteiger partial charge in [0.2, 0.25) is 0 Å². The van der Waals surface area contributed by atoms with E-state index in [0.29, 0.717) is 17.3 Å². The first-order valence-corrected chi connectivity index (χ1v) is 4.63. The fourth-order valence-corrected chi connectivity index (χ4v) is 2.28. The lowest BCUT2D eigenvalue weighted by molar-refractivity contribution is 0.557. The summed E-state index contributed by atoms with van der Waals surface area (Å²) in [6.07, 6.45) is 1.99. The summed E-state index contributed by atoms with van der Waals surface area (Å²) in [6, 6.07) is 0. The van der Waals surface area contributed by atoms with Crippen LogP contribution < -0.4 is 5.73 Å². The fraction of sp³-hybridized carbons (Fsp3) is 0.778. The minimum absolute atomic E-state index is 0.310. The van der Waals surface area contributed by atoms with Crippen molar-refractivity contribution in [3.8, 4) is 0 Å². The maximum atomic E-state index is 5.69. The molecule has 0 bridgehead atoms. The highest BCUT2D eigenvalue weighted by Crippen LogP contribution is 2.63. The van der Waals surface area contributed by atoms with Gasteiger partial charge in [0.15, 0.2) is 0 Å². The summed E-state index contributed by atoms with van der Waals surface area (Å²) in [4.78, 5) is 0. The van der Waals surface area contributed by atoms with E-state index in [1.54, 1.807) is 4.68 Å². The predicted octanol–water partition coefficient (Wildman–Crippen LogP) is 0.513. The Morgan fingerprint density at radius 1 is 1.62 bits per heavy atom. The third kappa shape index (κ3) is 1.16. The number of rotatable bonds is 2. The lowest BCUT2D eigenvalue weighted by atomic mass is 10.1. The van der Waals surface area contributed by atoms with E-state index in [1.807, 2.05) is 13.2 Å². The molecule has 0 spiro atoms. The van der Waals surface area contributed by atoms with E-state index in [4.69, 9.17) is 5.73 Å². The third-order valence-electron chi connectivity index (χ3n) is 3.24. The van der Waals surface area contributed by atoms with Gasteiger partial charge in [0, 0.05) is 19.2 Å². The van der Waals surface area contributed by atoms with E-state index >= 15 is 0 Å². The molecule has 2 unspecified atom stereocenters. The number of aryl methyl sites for hydroxylation is 1. The normalized spacial score (nSPS) is 30.5. The standard InChI is InChI=1S/C9H16N4/c1-9(2)6(4-10)8(9)7-5-13(3)12-11-7/h5-6,8H,4,10H2,1-3H3. The lowest BCUT2D eigenvalue weighted by Crippen LogP contribution is -2.05. The van der Waals surface area contributed by atoms with Crippen molar-refractivity contribution in [3.05, 3.63) is 11.9 Å². The SMILES string of the molecule is Cn1cc(C2C(CN)C2(C)C)nn1. The summed E-state index contributed by atoms with van der Waals surface area (Å²) in [6.45, 7) is 5.22. The second kappa shape index (κ2) is 2.54. The molecular formula is C9H16N4. The molecule has 1 aromatic heterocycles. The smallest absolute Gasteiger partial charge is 0.0866 e. The van der Waals surface area contributed by atoms with Crippen LogP contribution in [-0.2, 0) is 7.05 Å². The van der Waals surface area contributed by atoms with Crippen molar-refractivity contribution in [3.63, 3.8) is 0 Å². The Morgan fingerprint density at radius 3 is 2.69 bits per heavy atom. The van der Waals surface area contributed by atoms with Crippen molar-refractivity contribution < 1.29 is 0 Å². The van der Waals surface area contributed by atoms with Gasteiger partial charge in [-0.2, -0.15) is 0 Å². The van der Waals surface area contributed by atoms with Gasteiger partial charge < -0.3 is 5.73 Å². The minimum atomic E-state index is 0.310. The van der Waals surface area contributed by atoms with Gasteiger partial charge in [0.05, 0.1) is 5.69 Å². The zero-order valence-corrected chi connectivity index (χ0v) is 8.36. The maximum absolute atomic E-state index is 5.69. The van der Waals surface area contributed by atoms with Gasteiger partial charge in [0.1, 0.15) is 0 Å². The van der Waals surface area contributed by atoms with Crippen molar-refractivity contribution in [2.45, 2.75) is 19.8 Å². The van der Waals surface area contributed by atoms with E-state index in [9.17, 15) is 0 Å². The van der Waals surface area contributed by atoms with E-state index in [1.165, 1.54) is 0 Å². The Hall–Kier alpha value is -0.900. The van der Waals surface area contributed by atoms with E-state index in [0.717, 1.165) is 12.2 Å². The van der Waals surface area contributed by atoms with Gasteiger partial charge in [-0.15, -0.1) is 5.10 Å². The van der Waals surface area contributed by atoms with Crippen LogP contribution in [0.15, 0.2) is 6.20 Å². The van der Waals surface area contributed by atoms with Crippen LogP contribution in [-0.4, -0.2) is 21.5 Å². The molecule has 0 saturated heterocycles. The fourth-order valence-electron chi connectivity index (χ4n) is 2.28. The van der Waals surface area contributed by atoms with E-state index in [-0.39, 0.29) is 0 Å². The molecule has 2 rings (SSSR count). The number of nitrogens with zero attached hydrogens (tertiary/aromatic N) is 3. The Kier molecular flexibility index (Phi) is 1.70. The van der Waals surface area contributed by atoms with Crippen LogP contribution in [0, 0.1) is 11.3 Å². The average molecular weight is 180 g/mol. The predicted molar refractivity (Wildman–Crippen MR) is 50.1 cm³/mol. The largest absolute Gasteiger partial charge is 0.330 e. The second-order valence-electron chi connectivity index (χ2n) is 4.46. The van der Waals surface area contributed by atoms with Crippen molar-refractivity contribution in [1.29, 1.82) is 0 Å². The quantitative estimate of drug-likeness (QED) is 0.721. The molecule has 0 aliphatic heterocycles. The first-order valence-electron chi connectivity index (χ1n) is 4.63. The topological polar surface area (TPSA) is 56.7 Å². The highest BCUT2D eigenvalue weighted by Gasteiger charge is 2.58. The van der Waals surface area contributed by atoms with Gasteiger partial charge in [-0.05, 0) is 17.9 Å². The Bertz CT molecular complexity index is 315. The zero-order valence-electron chi connectivity index (χ0n) is 8.36. The van der Waals surface area contributed by atoms with E-state index < -0.39 is 0 Å². The lowest BCUT2D eigenvalue weighted by Gasteiger charge is -1.97. The maximum Gasteiger partial charge on any atom is 0.0866 e. The van der Waals surface area contributed by atoms with Crippen molar-refractivity contribution in [2.75, 3.05) is 6.54 Å². The van der Waals surface area contributed by atoms with Crippen LogP contribution in [0.5, 0.6) is 0 Å². The first kappa shape index (κ1) is 8.69. The van der Waals surface area contributed by atoms with Crippen LogP contribution in [0.25, 0.3) is 0 Å². The van der Waals surface area contributed by atoms with Crippen LogP contribution in [0.4, 0.5) is 0 Å². The van der Waals surface area contributed by atoms with Crippen LogP contribution in [0.1, 0.15) is 25.5 Å². The number of hydrogen-bond donors (Lipinski definition) is 1. The van der Waals surface area contributed by atoms with Crippen molar-refractivity contribution >= 4 is 0 Å². The first-order chi connectivity index (χ1) is 6.07. The highest BCUT2D eigenvalue weighted by atomic mass is 15.4. The summed E-state index contributed by atoms with van der Waals surface area (Å²) >= 11 is 0. The Labute approximate surface area is 78.1 Å². The van der Waals surface area contributed by atoms with Gasteiger partial charge >= 0.3 is 0 Å². The van der Waals surface area contributed by atoms with Crippen LogP contribution >= 0.6 is 0 Å². The van der Waals surface area contributed by atoms with Crippen molar-refractivity contribution in [2.24, 2.45) is 24.1 Å². The zero-order chi connectivity index (χ0) is 9.64. The van der Waals surface area contributed by atoms with E-state index in [2.05, 4.69) is 24.2 Å². The second-order valence-corrected chi connectivity index (χ2v) is 4.46. The number of aromatic nitrogens is 3. The van der Waals surface area contributed by atoms with Gasteiger partial charge in [0.25, 0.3) is 0 Å². The highest BCUT2D eigenvalue weighted by molar-refractivity contribution is 5.23. The molecule has 0 aromatic carbocycles. The van der Waals surface area contributed by atoms with Gasteiger partial charge in [-0.3, -0.25) is 4.68 Å². The third-order valence-corrected chi connectivity index (χ3v) is 3.24. The molecule has 13 heavy (non-hydrogen) atoms. The molecule has 0 amide bonds. The Balaban J connectivity index is 2.21. The molecule has 0 radical (unpaired) electrons. The van der Waals surface area contributed by atoms with Gasteiger partial charge in [-0.25, -0.2) is 0 Å². The molecule has 4 nitrogen and oxygen atoms in total. The molecule has 1 fully saturated rings. The molecule has 1 aliphatic rings. The van der Waals surface area contributed by atoms with Gasteiger partial charge in [-0.1, -0.05) is 19.1 Å². The molecular weight excluding hydrogens is 164 g/mol. The minimum Gasteiger partial charge on any atom is -0.330 e. The summed E-state index contributed by atoms with van der Waals surface area (Å²) in [5.74, 6) is 1.08. The molecule has 2 N–H and O–H groups in total. The summed E-state index contributed by atoms with van der Waals surface area (Å²) in [5, 5.41) is 8.07. The average Bonchev–Trinajstić information content (AvgIpc) is 2.41. The molecule has 1 heterocycles. The summed E-state index contributed by atoms with van der Waals surface area (Å²) in [7, 11) is 1.89. The molecule has 2 atom stereocenters. The molecule has 1 saturated carbocycles. The van der Waals surface area contributed by atoms with Crippen molar-refractivity contribution in [1.82, 2.24) is 15.0 Å². The molecule has 72 valence electrons.